The van der Waals surface area contributed by atoms with Crippen LogP contribution in [0.5, 0.6) is 0 Å². The van der Waals surface area contributed by atoms with Gasteiger partial charge < -0.3 is 5.73 Å². The van der Waals surface area contributed by atoms with Gasteiger partial charge in [-0.3, -0.25) is 9.78 Å². The average molecular weight is 263 g/mol. The number of hydrogen-bond acceptors (Lipinski definition) is 3. The normalized spacial score (nSPS) is 10.7. The van der Waals surface area contributed by atoms with Crippen molar-refractivity contribution in [3.05, 3.63) is 59.9 Å². The zero-order valence-electron chi connectivity index (χ0n) is 11.0. The Hall–Kier alpha value is -2.75. The SMILES string of the molecule is Cc1ccc(-c2cccc(C(N)=O)n2)c2cccnc12. The number of pyridine rings is 2. The van der Waals surface area contributed by atoms with Crippen molar-refractivity contribution < 1.29 is 4.79 Å². The number of aromatic nitrogens is 2. The second-order valence-electron chi connectivity index (χ2n) is 4.60. The van der Waals surface area contributed by atoms with Gasteiger partial charge in [0.05, 0.1) is 11.2 Å². The third kappa shape index (κ3) is 2.01. The largest absolute Gasteiger partial charge is 0.364 e. The maximum Gasteiger partial charge on any atom is 0.267 e. The first kappa shape index (κ1) is 12.3. The summed E-state index contributed by atoms with van der Waals surface area (Å²) in [5.74, 6) is -0.526. The Morgan fingerprint density at radius 1 is 1.10 bits per heavy atom. The van der Waals surface area contributed by atoms with Crippen LogP contribution >= 0.6 is 0 Å². The Kier molecular flexibility index (Phi) is 2.91. The predicted octanol–water partition coefficient (Wildman–Crippen LogP) is 2.70. The molecule has 2 aromatic heterocycles. The number of nitrogens with zero attached hydrogens (tertiary/aromatic N) is 2. The molecule has 0 atom stereocenters. The molecule has 4 nitrogen and oxygen atoms in total. The van der Waals surface area contributed by atoms with Crippen LogP contribution < -0.4 is 5.73 Å². The third-order valence-corrected chi connectivity index (χ3v) is 3.25. The molecule has 2 heterocycles. The fourth-order valence-corrected chi connectivity index (χ4v) is 2.26. The smallest absolute Gasteiger partial charge is 0.267 e. The quantitative estimate of drug-likeness (QED) is 0.772. The molecule has 0 spiro atoms. The van der Waals surface area contributed by atoms with E-state index in [1.807, 2.05) is 37.3 Å². The molecule has 0 radical (unpaired) electrons. The fourth-order valence-electron chi connectivity index (χ4n) is 2.26. The van der Waals surface area contributed by atoms with Crippen molar-refractivity contribution in [2.24, 2.45) is 5.73 Å². The van der Waals surface area contributed by atoms with Crippen LogP contribution in [0.25, 0.3) is 22.2 Å². The Morgan fingerprint density at radius 2 is 1.95 bits per heavy atom. The van der Waals surface area contributed by atoms with Gasteiger partial charge in [-0.2, -0.15) is 0 Å². The van der Waals surface area contributed by atoms with Crippen LogP contribution in [0.15, 0.2) is 48.7 Å². The highest BCUT2D eigenvalue weighted by molar-refractivity contribution is 5.96. The van der Waals surface area contributed by atoms with Crippen LogP contribution in [-0.2, 0) is 0 Å². The van der Waals surface area contributed by atoms with Crippen molar-refractivity contribution in [2.45, 2.75) is 6.92 Å². The summed E-state index contributed by atoms with van der Waals surface area (Å²) >= 11 is 0. The van der Waals surface area contributed by atoms with Gasteiger partial charge in [0.1, 0.15) is 5.69 Å². The van der Waals surface area contributed by atoms with E-state index >= 15 is 0 Å². The minimum atomic E-state index is -0.526. The minimum Gasteiger partial charge on any atom is -0.364 e. The second kappa shape index (κ2) is 4.74. The molecular weight excluding hydrogens is 250 g/mol. The first-order chi connectivity index (χ1) is 9.66. The molecule has 0 bridgehead atoms. The van der Waals surface area contributed by atoms with Crippen LogP contribution in [-0.4, -0.2) is 15.9 Å². The molecule has 20 heavy (non-hydrogen) atoms. The van der Waals surface area contributed by atoms with E-state index in [2.05, 4.69) is 9.97 Å². The van der Waals surface area contributed by atoms with E-state index in [1.165, 1.54) is 0 Å². The molecule has 4 heteroatoms. The maximum atomic E-state index is 11.2. The van der Waals surface area contributed by atoms with Gasteiger partial charge in [0, 0.05) is 17.1 Å². The van der Waals surface area contributed by atoms with Crippen molar-refractivity contribution in [3.8, 4) is 11.3 Å². The van der Waals surface area contributed by atoms with E-state index in [4.69, 9.17) is 5.73 Å². The van der Waals surface area contributed by atoms with Gasteiger partial charge in [-0.05, 0) is 30.7 Å². The highest BCUT2D eigenvalue weighted by Gasteiger charge is 2.09. The highest BCUT2D eigenvalue weighted by atomic mass is 16.1. The highest BCUT2D eigenvalue weighted by Crippen LogP contribution is 2.28. The van der Waals surface area contributed by atoms with Gasteiger partial charge in [-0.15, -0.1) is 0 Å². The summed E-state index contributed by atoms with van der Waals surface area (Å²) in [6, 6.07) is 13.1. The van der Waals surface area contributed by atoms with Gasteiger partial charge in [-0.1, -0.05) is 24.3 Å². The van der Waals surface area contributed by atoms with Crippen LogP contribution in [0.2, 0.25) is 0 Å². The molecule has 0 aliphatic rings. The van der Waals surface area contributed by atoms with Crippen LogP contribution in [0.4, 0.5) is 0 Å². The molecule has 0 unspecified atom stereocenters. The molecule has 3 rings (SSSR count). The summed E-state index contributed by atoms with van der Waals surface area (Å²) < 4.78 is 0. The van der Waals surface area contributed by atoms with Gasteiger partial charge in [0.25, 0.3) is 5.91 Å². The fraction of sp³-hybridized carbons (Fsp3) is 0.0625. The Labute approximate surface area is 116 Å². The van der Waals surface area contributed by atoms with Gasteiger partial charge in [-0.25, -0.2) is 4.98 Å². The van der Waals surface area contributed by atoms with Crippen molar-refractivity contribution in [2.75, 3.05) is 0 Å². The number of amides is 1. The molecule has 98 valence electrons. The minimum absolute atomic E-state index is 0.264. The summed E-state index contributed by atoms with van der Waals surface area (Å²) in [7, 11) is 0. The van der Waals surface area contributed by atoms with Crippen LogP contribution in [0, 0.1) is 6.92 Å². The lowest BCUT2D eigenvalue weighted by atomic mass is 10.0. The lowest BCUT2D eigenvalue weighted by molar-refractivity contribution is 0.0995. The zero-order valence-corrected chi connectivity index (χ0v) is 11.0. The lowest BCUT2D eigenvalue weighted by Gasteiger charge is -2.08. The second-order valence-corrected chi connectivity index (χ2v) is 4.60. The average Bonchev–Trinajstić information content (AvgIpc) is 2.48. The Balaban J connectivity index is 2.27. The number of benzene rings is 1. The molecule has 0 saturated heterocycles. The lowest BCUT2D eigenvalue weighted by Crippen LogP contribution is -2.13. The predicted molar refractivity (Wildman–Crippen MR) is 78.2 cm³/mol. The zero-order chi connectivity index (χ0) is 14.1. The van der Waals surface area contributed by atoms with Gasteiger partial charge in [0.15, 0.2) is 0 Å². The monoisotopic (exact) mass is 263 g/mol. The number of carbonyl (C=O) groups is 1. The van der Waals surface area contributed by atoms with Crippen LogP contribution in [0.1, 0.15) is 16.1 Å². The number of aryl methyl sites for hydroxylation is 1. The van der Waals surface area contributed by atoms with Crippen molar-refractivity contribution in [3.63, 3.8) is 0 Å². The van der Waals surface area contributed by atoms with Gasteiger partial charge in [0.2, 0.25) is 0 Å². The summed E-state index contributed by atoms with van der Waals surface area (Å²) in [6.07, 6.45) is 1.77. The molecule has 1 amide bonds. The molecular formula is C16H13N3O. The molecule has 0 aliphatic carbocycles. The van der Waals surface area contributed by atoms with Crippen molar-refractivity contribution in [1.29, 1.82) is 0 Å². The first-order valence-corrected chi connectivity index (χ1v) is 6.28. The molecule has 0 aliphatic heterocycles. The number of carbonyl (C=O) groups excluding carboxylic acids is 1. The van der Waals surface area contributed by atoms with Crippen molar-refractivity contribution >= 4 is 16.8 Å². The number of primary amides is 1. The molecule has 3 aromatic rings. The summed E-state index contributed by atoms with van der Waals surface area (Å²) in [5.41, 5.74) is 9.26. The number of nitrogens with two attached hydrogens (primary N) is 1. The van der Waals surface area contributed by atoms with E-state index in [-0.39, 0.29) is 5.69 Å². The van der Waals surface area contributed by atoms with E-state index < -0.39 is 5.91 Å². The van der Waals surface area contributed by atoms with Crippen LogP contribution in [0.3, 0.4) is 0 Å². The third-order valence-electron chi connectivity index (χ3n) is 3.25. The number of rotatable bonds is 2. The Morgan fingerprint density at radius 3 is 2.75 bits per heavy atom. The van der Waals surface area contributed by atoms with E-state index in [9.17, 15) is 4.79 Å². The van der Waals surface area contributed by atoms with E-state index in [0.717, 1.165) is 27.7 Å². The summed E-state index contributed by atoms with van der Waals surface area (Å²) in [5, 5.41) is 1.02. The molecule has 2 N–H and O–H groups in total. The van der Waals surface area contributed by atoms with E-state index in [0.29, 0.717) is 0 Å². The molecule has 0 fully saturated rings. The maximum absolute atomic E-state index is 11.2. The molecule has 0 saturated carbocycles. The first-order valence-electron chi connectivity index (χ1n) is 6.28. The van der Waals surface area contributed by atoms with Crippen molar-refractivity contribution in [1.82, 2.24) is 9.97 Å². The van der Waals surface area contributed by atoms with E-state index in [1.54, 1.807) is 18.3 Å². The summed E-state index contributed by atoms with van der Waals surface area (Å²) in [6.45, 7) is 2.02. The van der Waals surface area contributed by atoms with Gasteiger partial charge >= 0.3 is 0 Å². The standard InChI is InChI=1S/C16H13N3O/c1-10-7-8-11(12-4-3-9-18-15(10)12)13-5-2-6-14(19-13)16(17)20/h2-9H,1H3,(H2,17,20). The summed E-state index contributed by atoms with van der Waals surface area (Å²) in [4.78, 5) is 20.0. The number of fused-ring (bicyclic) bond motifs is 1. The number of hydrogen-bond donors (Lipinski definition) is 1. The Bertz CT molecular complexity index is 812. The molecule has 1 aromatic carbocycles. The topological polar surface area (TPSA) is 68.9 Å².